The summed E-state index contributed by atoms with van der Waals surface area (Å²) in [6.45, 7) is 1.62. The van der Waals surface area contributed by atoms with Gasteiger partial charge in [-0.1, -0.05) is 28.1 Å². The highest BCUT2D eigenvalue weighted by Crippen LogP contribution is 2.49. The number of hydrogen-bond donors (Lipinski definition) is 1. The molecule has 1 heterocycles. The fourth-order valence-corrected chi connectivity index (χ4v) is 3.72. The molecule has 0 bridgehead atoms. The van der Waals surface area contributed by atoms with Crippen molar-refractivity contribution >= 4 is 15.9 Å². The van der Waals surface area contributed by atoms with Crippen LogP contribution in [0.15, 0.2) is 28.7 Å². The molecule has 1 aromatic rings. The Kier molecular flexibility index (Phi) is 3.48. The lowest BCUT2D eigenvalue weighted by Crippen LogP contribution is -2.41. The molecule has 1 saturated carbocycles. The summed E-state index contributed by atoms with van der Waals surface area (Å²) in [5, 5.41) is 0. The van der Waals surface area contributed by atoms with Crippen LogP contribution in [0.4, 0.5) is 0 Å². The summed E-state index contributed by atoms with van der Waals surface area (Å²) in [6.07, 6.45) is 5.19. The van der Waals surface area contributed by atoms with Crippen molar-refractivity contribution in [3.05, 3.63) is 34.3 Å². The summed E-state index contributed by atoms with van der Waals surface area (Å²) in [7, 11) is 0. The maximum absolute atomic E-state index is 6.12. The molecule has 2 fully saturated rings. The molecule has 2 unspecified atom stereocenters. The Morgan fingerprint density at radius 2 is 2.22 bits per heavy atom. The van der Waals surface area contributed by atoms with Gasteiger partial charge in [-0.2, -0.15) is 0 Å². The minimum atomic E-state index is 0.169. The molecule has 3 rings (SSSR count). The Hall–Kier alpha value is -0.380. The first kappa shape index (κ1) is 12.6. The summed E-state index contributed by atoms with van der Waals surface area (Å²) in [5.74, 6) is 0.767. The van der Waals surface area contributed by atoms with Gasteiger partial charge in [0.2, 0.25) is 0 Å². The molecule has 2 nitrogen and oxygen atoms in total. The quantitative estimate of drug-likeness (QED) is 0.927. The van der Waals surface area contributed by atoms with Crippen molar-refractivity contribution in [3.63, 3.8) is 0 Å². The molecule has 0 amide bonds. The average molecular weight is 310 g/mol. The van der Waals surface area contributed by atoms with Gasteiger partial charge in [0.1, 0.15) is 0 Å². The lowest BCUT2D eigenvalue weighted by molar-refractivity contribution is 0.0345. The zero-order valence-electron chi connectivity index (χ0n) is 10.6. The zero-order chi connectivity index (χ0) is 12.6. The topological polar surface area (TPSA) is 35.2 Å². The first-order valence-corrected chi connectivity index (χ1v) is 7.59. The molecule has 1 saturated heterocycles. The predicted molar refractivity (Wildman–Crippen MR) is 76.4 cm³/mol. The summed E-state index contributed by atoms with van der Waals surface area (Å²) in [4.78, 5) is 0. The molecule has 2 atom stereocenters. The van der Waals surface area contributed by atoms with Crippen LogP contribution in [0, 0.1) is 11.3 Å². The zero-order valence-corrected chi connectivity index (χ0v) is 12.2. The van der Waals surface area contributed by atoms with E-state index in [1.54, 1.807) is 0 Å². The van der Waals surface area contributed by atoms with Crippen LogP contribution in [0.5, 0.6) is 0 Å². The standard InChI is InChI=1S/C15H20BrNO/c16-13-3-1-2-11(8-13)9-15(10-17)6-7-18-14(15)12-4-5-12/h1-3,8,12,14H,4-7,9-10,17H2. The second-order valence-corrected chi connectivity index (χ2v) is 6.67. The molecule has 2 aliphatic rings. The van der Waals surface area contributed by atoms with E-state index in [1.807, 2.05) is 0 Å². The number of nitrogens with two attached hydrogens (primary N) is 1. The van der Waals surface area contributed by atoms with Crippen molar-refractivity contribution in [3.8, 4) is 0 Å². The Morgan fingerprint density at radius 1 is 1.39 bits per heavy atom. The summed E-state index contributed by atoms with van der Waals surface area (Å²) in [6, 6.07) is 8.58. The van der Waals surface area contributed by atoms with E-state index < -0.39 is 0 Å². The molecule has 0 radical (unpaired) electrons. The van der Waals surface area contributed by atoms with Crippen LogP contribution >= 0.6 is 15.9 Å². The molecule has 3 heteroatoms. The molecule has 0 spiro atoms. The third kappa shape index (κ3) is 2.36. The van der Waals surface area contributed by atoms with Crippen molar-refractivity contribution in [2.75, 3.05) is 13.2 Å². The van der Waals surface area contributed by atoms with Crippen LogP contribution < -0.4 is 5.73 Å². The first-order chi connectivity index (χ1) is 8.73. The van der Waals surface area contributed by atoms with Crippen LogP contribution in [-0.4, -0.2) is 19.3 Å². The largest absolute Gasteiger partial charge is 0.377 e. The highest BCUT2D eigenvalue weighted by atomic mass is 79.9. The second-order valence-electron chi connectivity index (χ2n) is 5.75. The predicted octanol–water partition coefficient (Wildman–Crippen LogP) is 3.14. The Labute approximate surface area is 117 Å². The number of halogens is 1. The van der Waals surface area contributed by atoms with E-state index >= 15 is 0 Å². The van der Waals surface area contributed by atoms with Gasteiger partial charge in [-0.25, -0.2) is 0 Å². The van der Waals surface area contributed by atoms with Crippen molar-refractivity contribution < 1.29 is 4.74 Å². The van der Waals surface area contributed by atoms with E-state index in [0.717, 1.165) is 36.4 Å². The maximum atomic E-state index is 6.12. The van der Waals surface area contributed by atoms with Gasteiger partial charge >= 0.3 is 0 Å². The average Bonchev–Trinajstić information content (AvgIpc) is 3.12. The smallest absolute Gasteiger partial charge is 0.0675 e. The van der Waals surface area contributed by atoms with Gasteiger partial charge in [-0.05, 0) is 49.3 Å². The van der Waals surface area contributed by atoms with Gasteiger partial charge in [0.05, 0.1) is 6.10 Å². The summed E-state index contributed by atoms with van der Waals surface area (Å²) >= 11 is 3.54. The number of hydrogen-bond acceptors (Lipinski definition) is 2. The van der Waals surface area contributed by atoms with Crippen molar-refractivity contribution in [1.29, 1.82) is 0 Å². The van der Waals surface area contributed by atoms with Gasteiger partial charge in [0, 0.05) is 23.0 Å². The molecule has 1 aromatic carbocycles. The molecule has 18 heavy (non-hydrogen) atoms. The van der Waals surface area contributed by atoms with E-state index in [9.17, 15) is 0 Å². The molecule has 2 N–H and O–H groups in total. The second kappa shape index (κ2) is 4.95. The van der Waals surface area contributed by atoms with Crippen molar-refractivity contribution in [1.82, 2.24) is 0 Å². The van der Waals surface area contributed by atoms with Gasteiger partial charge in [0.15, 0.2) is 0 Å². The van der Waals surface area contributed by atoms with Crippen LogP contribution in [0.2, 0.25) is 0 Å². The normalized spacial score (nSPS) is 31.8. The monoisotopic (exact) mass is 309 g/mol. The van der Waals surface area contributed by atoms with Crippen LogP contribution in [0.3, 0.4) is 0 Å². The van der Waals surface area contributed by atoms with Gasteiger partial charge in [-0.15, -0.1) is 0 Å². The lowest BCUT2D eigenvalue weighted by atomic mass is 9.74. The molecule has 0 aromatic heterocycles. The summed E-state index contributed by atoms with van der Waals surface area (Å²) < 4.78 is 7.14. The Balaban J connectivity index is 1.82. The molecular formula is C15H20BrNO. The van der Waals surface area contributed by atoms with E-state index in [-0.39, 0.29) is 5.41 Å². The van der Waals surface area contributed by atoms with Crippen molar-refractivity contribution in [2.45, 2.75) is 31.8 Å². The number of benzene rings is 1. The fraction of sp³-hybridized carbons (Fsp3) is 0.600. The van der Waals surface area contributed by atoms with Crippen molar-refractivity contribution in [2.24, 2.45) is 17.1 Å². The van der Waals surface area contributed by atoms with E-state index in [2.05, 4.69) is 40.2 Å². The number of rotatable bonds is 4. The van der Waals surface area contributed by atoms with Crippen LogP contribution in [0.1, 0.15) is 24.8 Å². The van der Waals surface area contributed by atoms with Gasteiger partial charge in [-0.3, -0.25) is 0 Å². The van der Waals surface area contributed by atoms with Crippen LogP contribution in [-0.2, 0) is 11.2 Å². The van der Waals surface area contributed by atoms with Crippen LogP contribution in [0.25, 0.3) is 0 Å². The molecular weight excluding hydrogens is 290 g/mol. The highest BCUT2D eigenvalue weighted by Gasteiger charge is 2.50. The lowest BCUT2D eigenvalue weighted by Gasteiger charge is -2.33. The molecule has 1 aliphatic heterocycles. The molecule has 1 aliphatic carbocycles. The maximum Gasteiger partial charge on any atom is 0.0675 e. The SMILES string of the molecule is NCC1(Cc2cccc(Br)c2)CCOC1C1CC1. The minimum Gasteiger partial charge on any atom is -0.377 e. The van der Waals surface area contributed by atoms with E-state index in [4.69, 9.17) is 10.5 Å². The summed E-state index contributed by atoms with van der Waals surface area (Å²) in [5.41, 5.74) is 7.65. The van der Waals surface area contributed by atoms with E-state index in [1.165, 1.54) is 18.4 Å². The first-order valence-electron chi connectivity index (χ1n) is 6.80. The highest BCUT2D eigenvalue weighted by molar-refractivity contribution is 9.10. The third-order valence-electron chi connectivity index (χ3n) is 4.40. The fourth-order valence-electron chi connectivity index (χ4n) is 3.28. The number of ether oxygens (including phenoxy) is 1. The molecule has 98 valence electrons. The Bertz CT molecular complexity index is 432. The minimum absolute atomic E-state index is 0.169. The third-order valence-corrected chi connectivity index (χ3v) is 4.90. The van der Waals surface area contributed by atoms with E-state index in [0.29, 0.717) is 6.10 Å². The van der Waals surface area contributed by atoms with Gasteiger partial charge in [0.25, 0.3) is 0 Å². The van der Waals surface area contributed by atoms with Gasteiger partial charge < -0.3 is 10.5 Å². The Morgan fingerprint density at radius 3 is 2.89 bits per heavy atom.